The molecule has 0 saturated heterocycles. The highest BCUT2D eigenvalue weighted by atomic mass is 35.5. The summed E-state index contributed by atoms with van der Waals surface area (Å²) in [5, 5.41) is 21.8. The van der Waals surface area contributed by atoms with Gasteiger partial charge in [0.1, 0.15) is 0 Å². The summed E-state index contributed by atoms with van der Waals surface area (Å²) in [5.41, 5.74) is -1.80. The smallest absolute Gasteiger partial charge is 0.255 e. The zero-order chi connectivity index (χ0) is 26.1. The van der Waals surface area contributed by atoms with Crippen LogP contribution in [-0.2, 0) is 9.84 Å². The predicted molar refractivity (Wildman–Crippen MR) is 125 cm³/mol. The highest BCUT2D eigenvalue weighted by Crippen LogP contribution is 2.43. The minimum absolute atomic E-state index is 0.0535. The molecule has 1 aliphatic rings. The number of aliphatic hydroxyl groups excluding tert-OH is 1. The maximum absolute atomic E-state index is 13.5. The van der Waals surface area contributed by atoms with Gasteiger partial charge in [0.2, 0.25) is 0 Å². The van der Waals surface area contributed by atoms with Crippen molar-refractivity contribution in [3.63, 3.8) is 0 Å². The highest BCUT2D eigenvalue weighted by molar-refractivity contribution is 7.91. The number of halogens is 4. The minimum atomic E-state index is -3.98. The molecule has 1 aliphatic carbocycles. The lowest BCUT2D eigenvalue weighted by atomic mass is 9.84. The van der Waals surface area contributed by atoms with Gasteiger partial charge in [-0.2, -0.15) is 0 Å². The van der Waals surface area contributed by atoms with Gasteiger partial charge in [-0.05, 0) is 55.7 Å². The highest BCUT2D eigenvalue weighted by Gasteiger charge is 2.40. The lowest BCUT2D eigenvalue weighted by Gasteiger charge is -2.29. The second kappa shape index (κ2) is 10.5. The Kier molecular flexibility index (Phi) is 8.20. The molecule has 1 saturated carbocycles. The van der Waals surface area contributed by atoms with Gasteiger partial charge in [0.15, 0.2) is 27.3 Å². The Hall–Kier alpha value is -2.14. The van der Waals surface area contributed by atoms with E-state index in [2.05, 4.69) is 5.32 Å². The number of anilines is 1. The molecule has 4 atom stereocenters. The van der Waals surface area contributed by atoms with Gasteiger partial charge in [0.25, 0.3) is 5.91 Å². The number of nitrogens with one attached hydrogen (secondary N) is 1. The number of hydrogen-bond acceptors (Lipinski definition) is 5. The summed E-state index contributed by atoms with van der Waals surface area (Å²) in [5.74, 6) is -6.15. The number of rotatable bonds is 8. The molecule has 2 unspecified atom stereocenters. The van der Waals surface area contributed by atoms with E-state index in [1.54, 1.807) is 0 Å². The summed E-state index contributed by atoms with van der Waals surface area (Å²) >= 11 is 6.17. The average Bonchev–Trinajstić information content (AvgIpc) is 3.10. The maximum atomic E-state index is 13.5. The molecule has 0 radical (unpaired) electrons. The molecule has 2 aromatic carbocycles. The van der Waals surface area contributed by atoms with Crippen molar-refractivity contribution in [1.29, 1.82) is 0 Å². The fourth-order valence-electron chi connectivity index (χ4n) is 4.61. The van der Waals surface area contributed by atoms with Crippen LogP contribution in [0.5, 0.6) is 0 Å². The van der Waals surface area contributed by atoms with Gasteiger partial charge in [0, 0.05) is 23.4 Å². The molecule has 3 rings (SSSR count). The van der Waals surface area contributed by atoms with Crippen molar-refractivity contribution in [3.8, 4) is 0 Å². The molecule has 0 aromatic heterocycles. The monoisotopic (exact) mass is 533 g/mol. The number of hydrogen-bond donors (Lipinski definition) is 3. The van der Waals surface area contributed by atoms with Crippen molar-refractivity contribution < 1.29 is 36.6 Å². The van der Waals surface area contributed by atoms with Crippen molar-refractivity contribution in [2.75, 3.05) is 17.7 Å². The second-order valence-corrected chi connectivity index (χ2v) is 11.9. The third-order valence-corrected chi connectivity index (χ3v) is 8.83. The van der Waals surface area contributed by atoms with Crippen LogP contribution in [0.2, 0.25) is 5.02 Å². The minimum Gasteiger partial charge on any atom is -0.393 e. The van der Waals surface area contributed by atoms with Crippen LogP contribution < -0.4 is 5.32 Å². The summed E-state index contributed by atoms with van der Waals surface area (Å²) in [7, 11) is -3.98. The van der Waals surface area contributed by atoms with Crippen LogP contribution in [0.1, 0.15) is 43.5 Å². The van der Waals surface area contributed by atoms with Crippen LogP contribution in [0.15, 0.2) is 35.2 Å². The number of sulfone groups is 1. The molecule has 0 aliphatic heterocycles. The normalized spacial score (nSPS) is 22.1. The van der Waals surface area contributed by atoms with Crippen LogP contribution in [0, 0.1) is 35.2 Å². The predicted octanol–water partition coefficient (Wildman–Crippen LogP) is 4.58. The van der Waals surface area contributed by atoms with E-state index in [1.807, 2.05) is 6.92 Å². The van der Waals surface area contributed by atoms with Crippen molar-refractivity contribution in [2.24, 2.45) is 17.8 Å². The third-order valence-electron chi connectivity index (χ3n) is 6.55. The van der Waals surface area contributed by atoms with E-state index >= 15 is 0 Å². The van der Waals surface area contributed by atoms with Gasteiger partial charge in [0.05, 0.1) is 27.9 Å². The molecule has 2 aromatic rings. The van der Waals surface area contributed by atoms with Crippen molar-refractivity contribution in [3.05, 3.63) is 58.4 Å². The Morgan fingerprint density at radius 3 is 2.40 bits per heavy atom. The summed E-state index contributed by atoms with van der Waals surface area (Å²) in [6.07, 6.45) is 1.72. The van der Waals surface area contributed by atoms with Gasteiger partial charge >= 0.3 is 0 Å². The topological polar surface area (TPSA) is 104 Å². The Morgan fingerprint density at radius 1 is 1.17 bits per heavy atom. The molecule has 3 N–H and O–H groups in total. The lowest BCUT2D eigenvalue weighted by Crippen LogP contribution is -2.35. The Labute approximate surface area is 207 Å². The number of carbonyl (C=O) groups is 1. The zero-order valence-corrected chi connectivity index (χ0v) is 20.8. The third kappa shape index (κ3) is 6.35. The standard InChI is InChI=1S/C24H27ClF3NO5S/c1-13-3-4-15(10-24(2,32)12-30)17(13)11-35(33,34)21-7-14(5-6-18(21)25)23(31)29-16-8-19(26)22(28)20(27)9-16/h5-9,13,15,17,30,32H,3-4,10-12H2,1-2H3,(H,29,31)/t13?,15-,17-,24?/m0/s1. The van der Waals surface area contributed by atoms with E-state index in [0.717, 1.165) is 12.5 Å². The van der Waals surface area contributed by atoms with Gasteiger partial charge in [-0.3, -0.25) is 4.79 Å². The van der Waals surface area contributed by atoms with Crippen LogP contribution in [0.3, 0.4) is 0 Å². The van der Waals surface area contributed by atoms with Crippen molar-refractivity contribution >= 4 is 33.0 Å². The molecule has 11 heteroatoms. The molecular formula is C24H27ClF3NO5S. The van der Waals surface area contributed by atoms with E-state index in [0.29, 0.717) is 18.6 Å². The quantitative estimate of drug-likeness (QED) is 0.431. The zero-order valence-electron chi connectivity index (χ0n) is 19.2. The fraction of sp³-hybridized carbons (Fsp3) is 0.458. The van der Waals surface area contributed by atoms with E-state index < -0.39 is 45.4 Å². The lowest BCUT2D eigenvalue weighted by molar-refractivity contribution is -0.0215. The molecule has 0 bridgehead atoms. The summed E-state index contributed by atoms with van der Waals surface area (Å²) in [6, 6.07) is 4.79. The first-order chi connectivity index (χ1) is 16.2. The largest absolute Gasteiger partial charge is 0.393 e. The van der Waals surface area contributed by atoms with E-state index in [9.17, 15) is 36.6 Å². The van der Waals surface area contributed by atoms with E-state index in [-0.39, 0.29) is 51.1 Å². The Morgan fingerprint density at radius 2 is 1.80 bits per heavy atom. The van der Waals surface area contributed by atoms with Gasteiger partial charge < -0.3 is 15.5 Å². The molecule has 0 heterocycles. The number of benzene rings is 2. The van der Waals surface area contributed by atoms with E-state index in [4.69, 9.17) is 11.6 Å². The molecule has 6 nitrogen and oxygen atoms in total. The summed E-state index contributed by atoms with van der Waals surface area (Å²) < 4.78 is 66.7. The maximum Gasteiger partial charge on any atom is 0.255 e. The number of amides is 1. The second-order valence-electron chi connectivity index (χ2n) is 9.47. The Balaban J connectivity index is 1.84. The van der Waals surface area contributed by atoms with Crippen LogP contribution in [0.4, 0.5) is 18.9 Å². The van der Waals surface area contributed by atoms with Crippen LogP contribution in [-0.4, -0.2) is 42.5 Å². The number of carbonyl (C=O) groups excluding carboxylic acids is 1. The van der Waals surface area contributed by atoms with Gasteiger partial charge in [-0.15, -0.1) is 0 Å². The van der Waals surface area contributed by atoms with Gasteiger partial charge in [-0.1, -0.05) is 24.9 Å². The van der Waals surface area contributed by atoms with Gasteiger partial charge in [-0.25, -0.2) is 21.6 Å². The SMILES string of the molecule is CC1CC[C@@H](CC(C)(O)CO)[C@H]1CS(=O)(=O)c1cc(C(=O)Nc2cc(F)c(F)c(F)c2)ccc1Cl. The molecule has 35 heavy (non-hydrogen) atoms. The fourth-order valence-corrected chi connectivity index (χ4v) is 7.04. The van der Waals surface area contributed by atoms with E-state index in [1.165, 1.54) is 19.1 Å². The van der Waals surface area contributed by atoms with Crippen LogP contribution in [0.25, 0.3) is 0 Å². The van der Waals surface area contributed by atoms with Crippen LogP contribution >= 0.6 is 11.6 Å². The van der Waals surface area contributed by atoms with Crippen molar-refractivity contribution in [2.45, 2.75) is 43.6 Å². The van der Waals surface area contributed by atoms with Crippen molar-refractivity contribution in [1.82, 2.24) is 0 Å². The molecular weight excluding hydrogens is 507 g/mol. The first kappa shape index (κ1) is 27.4. The molecule has 1 fully saturated rings. The molecule has 1 amide bonds. The first-order valence-electron chi connectivity index (χ1n) is 11.1. The Bertz CT molecular complexity index is 1200. The summed E-state index contributed by atoms with van der Waals surface area (Å²) in [4.78, 5) is 12.3. The molecule has 192 valence electrons. The number of aliphatic hydroxyl groups is 2. The summed E-state index contributed by atoms with van der Waals surface area (Å²) in [6.45, 7) is 2.99. The molecule has 0 spiro atoms. The average molecular weight is 534 g/mol. The first-order valence-corrected chi connectivity index (χ1v) is 13.1.